The molecule has 0 spiro atoms. The van der Waals surface area contributed by atoms with Gasteiger partial charge in [-0.3, -0.25) is 4.79 Å². The molecule has 0 unspecified atom stereocenters. The van der Waals surface area contributed by atoms with Gasteiger partial charge in [0, 0.05) is 12.6 Å². The zero-order chi connectivity index (χ0) is 13.4. The number of carbonyl (C=O) groups is 1. The van der Waals surface area contributed by atoms with Crippen LogP contribution in [0.2, 0.25) is 10.0 Å². The van der Waals surface area contributed by atoms with E-state index in [1.807, 2.05) is 0 Å². The number of hydrogen-bond acceptors (Lipinski definition) is 4. The fourth-order valence-electron chi connectivity index (χ4n) is 1.42. The Kier molecular flexibility index (Phi) is 3.61. The quantitative estimate of drug-likeness (QED) is 0.668. The predicted octanol–water partition coefficient (Wildman–Crippen LogP) is 2.70. The van der Waals surface area contributed by atoms with E-state index in [1.54, 1.807) is 7.05 Å². The first-order valence-electron chi connectivity index (χ1n) is 4.76. The summed E-state index contributed by atoms with van der Waals surface area (Å²) in [5.41, 5.74) is 6.50. The Hall–Kier alpha value is -1.11. The number of carbonyl (C=O) groups excluding carboxylic acids is 1. The lowest BCUT2D eigenvalue weighted by molar-refractivity contribution is 0.102. The molecule has 0 amide bonds. The highest BCUT2D eigenvalue weighted by Gasteiger charge is 2.20. The second-order valence-corrected chi connectivity index (χ2v) is 5.10. The fraction of sp³-hybridized carbons (Fsp3) is 0.100. The van der Waals surface area contributed by atoms with Crippen molar-refractivity contribution in [3.8, 4) is 0 Å². The van der Waals surface area contributed by atoms with Crippen LogP contribution in [0, 0.1) is 0 Å². The van der Waals surface area contributed by atoms with Gasteiger partial charge in [-0.15, -0.1) is 5.10 Å². The highest BCUT2D eigenvalue weighted by molar-refractivity contribution is 9.10. The summed E-state index contributed by atoms with van der Waals surface area (Å²) in [6.07, 6.45) is 0. The van der Waals surface area contributed by atoms with E-state index in [9.17, 15) is 4.79 Å². The zero-order valence-electron chi connectivity index (χ0n) is 9.12. The van der Waals surface area contributed by atoms with Gasteiger partial charge in [0.05, 0.1) is 15.7 Å². The largest absolute Gasteiger partial charge is 0.396 e. The molecule has 0 aliphatic heterocycles. The van der Waals surface area contributed by atoms with Gasteiger partial charge in [0.1, 0.15) is 5.69 Å². The number of ketones is 1. The van der Waals surface area contributed by atoms with E-state index in [1.165, 1.54) is 16.8 Å². The van der Waals surface area contributed by atoms with Gasteiger partial charge in [-0.2, -0.15) is 0 Å². The van der Waals surface area contributed by atoms with Gasteiger partial charge < -0.3 is 5.73 Å². The van der Waals surface area contributed by atoms with E-state index >= 15 is 0 Å². The minimum absolute atomic E-state index is 0.233. The summed E-state index contributed by atoms with van der Waals surface area (Å²) in [7, 11) is 1.62. The molecular formula is C10H7BrCl2N4O. The Bertz CT molecular complexity index is 598. The monoisotopic (exact) mass is 348 g/mol. The van der Waals surface area contributed by atoms with Gasteiger partial charge in [0.15, 0.2) is 4.60 Å². The molecule has 0 fully saturated rings. The van der Waals surface area contributed by atoms with Gasteiger partial charge in [0.25, 0.3) is 0 Å². The number of aryl methyl sites for hydroxylation is 1. The third-order valence-corrected chi connectivity index (χ3v) is 3.50. The molecular weight excluding hydrogens is 343 g/mol. The first-order valence-corrected chi connectivity index (χ1v) is 6.31. The molecule has 2 N–H and O–H groups in total. The number of benzene rings is 1. The summed E-state index contributed by atoms with van der Waals surface area (Å²) in [5, 5.41) is 7.94. The van der Waals surface area contributed by atoms with Gasteiger partial charge in [-0.1, -0.05) is 28.4 Å². The Morgan fingerprint density at radius 2 is 1.94 bits per heavy atom. The van der Waals surface area contributed by atoms with Crippen LogP contribution in [0.5, 0.6) is 0 Å². The maximum Gasteiger partial charge on any atom is 0.213 e. The smallest absolute Gasteiger partial charge is 0.213 e. The molecule has 18 heavy (non-hydrogen) atoms. The third-order valence-electron chi connectivity index (χ3n) is 2.34. The molecule has 1 heterocycles. The lowest BCUT2D eigenvalue weighted by atomic mass is 10.1. The number of nitrogens with zero attached hydrogens (tertiary/aromatic N) is 3. The average molecular weight is 350 g/mol. The van der Waals surface area contributed by atoms with Crippen LogP contribution in [0.15, 0.2) is 16.7 Å². The minimum Gasteiger partial charge on any atom is -0.396 e. The van der Waals surface area contributed by atoms with Crippen LogP contribution < -0.4 is 5.73 Å². The van der Waals surface area contributed by atoms with Crippen molar-refractivity contribution in [2.24, 2.45) is 7.05 Å². The normalized spacial score (nSPS) is 10.7. The van der Waals surface area contributed by atoms with E-state index in [4.69, 9.17) is 28.9 Å². The molecule has 1 aromatic heterocycles. The molecule has 0 bridgehead atoms. The molecule has 0 atom stereocenters. The number of nitrogens with two attached hydrogens (primary N) is 1. The molecule has 1 aromatic carbocycles. The standard InChI is InChI=1S/C10H7BrCl2N4O/c1-17-8(10(11)15-16-17)9(18)4-2-5(12)7(14)6(13)3-4/h2-3H,14H2,1H3. The Morgan fingerprint density at radius 1 is 1.39 bits per heavy atom. The highest BCUT2D eigenvalue weighted by Crippen LogP contribution is 2.30. The Balaban J connectivity index is 2.54. The molecule has 0 aliphatic rings. The van der Waals surface area contributed by atoms with Gasteiger partial charge in [-0.05, 0) is 28.1 Å². The van der Waals surface area contributed by atoms with Crippen LogP contribution in [-0.2, 0) is 7.05 Å². The lowest BCUT2D eigenvalue weighted by Gasteiger charge is -2.06. The maximum absolute atomic E-state index is 12.3. The molecule has 0 radical (unpaired) electrons. The molecule has 94 valence electrons. The third kappa shape index (κ3) is 2.23. The summed E-state index contributed by atoms with van der Waals surface area (Å²) in [6.45, 7) is 0. The van der Waals surface area contributed by atoms with Gasteiger partial charge >= 0.3 is 0 Å². The second kappa shape index (κ2) is 4.87. The molecule has 0 saturated carbocycles. The number of anilines is 1. The number of aromatic nitrogens is 3. The lowest BCUT2D eigenvalue weighted by Crippen LogP contribution is -2.09. The summed E-state index contributed by atoms with van der Waals surface area (Å²) in [4.78, 5) is 12.3. The topological polar surface area (TPSA) is 73.8 Å². The second-order valence-electron chi connectivity index (χ2n) is 3.54. The van der Waals surface area contributed by atoms with Crippen molar-refractivity contribution < 1.29 is 4.79 Å². The fourth-order valence-corrected chi connectivity index (χ4v) is 2.42. The van der Waals surface area contributed by atoms with E-state index in [0.717, 1.165) is 0 Å². The Labute approximate surface area is 121 Å². The van der Waals surface area contributed by atoms with Crippen molar-refractivity contribution in [2.45, 2.75) is 0 Å². The number of nitrogen functional groups attached to an aromatic ring is 1. The van der Waals surface area contributed by atoms with Crippen LogP contribution in [-0.4, -0.2) is 20.8 Å². The molecule has 2 rings (SSSR count). The maximum atomic E-state index is 12.3. The van der Waals surface area contributed by atoms with Crippen LogP contribution >= 0.6 is 39.1 Å². The van der Waals surface area contributed by atoms with E-state index < -0.39 is 0 Å². The molecule has 8 heteroatoms. The van der Waals surface area contributed by atoms with Crippen molar-refractivity contribution in [1.82, 2.24) is 15.0 Å². The van der Waals surface area contributed by atoms with Crippen LogP contribution in [0.3, 0.4) is 0 Å². The SMILES string of the molecule is Cn1nnc(Br)c1C(=O)c1cc(Cl)c(N)c(Cl)c1. The minimum atomic E-state index is -0.293. The van der Waals surface area contributed by atoms with E-state index in [-0.39, 0.29) is 21.5 Å². The Morgan fingerprint density at radius 3 is 2.39 bits per heavy atom. The van der Waals surface area contributed by atoms with Crippen molar-refractivity contribution in [3.63, 3.8) is 0 Å². The number of halogens is 3. The summed E-state index contributed by atoms with van der Waals surface area (Å²) in [6, 6.07) is 2.93. The van der Waals surface area contributed by atoms with E-state index in [2.05, 4.69) is 26.2 Å². The van der Waals surface area contributed by atoms with Crippen LogP contribution in [0.25, 0.3) is 0 Å². The summed E-state index contributed by atoms with van der Waals surface area (Å²) in [5.74, 6) is -0.293. The van der Waals surface area contributed by atoms with Crippen molar-refractivity contribution in [3.05, 3.63) is 38.0 Å². The number of rotatable bonds is 2. The molecule has 5 nitrogen and oxygen atoms in total. The summed E-state index contributed by atoms with van der Waals surface area (Å²) < 4.78 is 1.73. The van der Waals surface area contributed by atoms with Gasteiger partial charge in [0.2, 0.25) is 5.78 Å². The first-order chi connectivity index (χ1) is 8.41. The van der Waals surface area contributed by atoms with Crippen LogP contribution in [0.4, 0.5) is 5.69 Å². The molecule has 0 saturated heterocycles. The number of hydrogen-bond donors (Lipinski definition) is 1. The summed E-state index contributed by atoms with van der Waals surface area (Å²) >= 11 is 14.9. The van der Waals surface area contributed by atoms with Gasteiger partial charge in [-0.25, -0.2) is 4.68 Å². The molecule has 0 aliphatic carbocycles. The molecule has 2 aromatic rings. The van der Waals surface area contributed by atoms with Crippen molar-refractivity contribution in [2.75, 3.05) is 5.73 Å². The first kappa shape index (κ1) is 13.3. The average Bonchev–Trinajstić information content (AvgIpc) is 2.64. The van der Waals surface area contributed by atoms with Crippen molar-refractivity contribution in [1.29, 1.82) is 0 Å². The van der Waals surface area contributed by atoms with Crippen molar-refractivity contribution >= 4 is 50.6 Å². The zero-order valence-corrected chi connectivity index (χ0v) is 12.2. The predicted molar refractivity (Wildman–Crippen MR) is 73.0 cm³/mol. The van der Waals surface area contributed by atoms with Crippen LogP contribution in [0.1, 0.15) is 16.1 Å². The van der Waals surface area contributed by atoms with E-state index in [0.29, 0.717) is 15.9 Å². The highest BCUT2D eigenvalue weighted by atomic mass is 79.9.